The number of rotatable bonds is 3. The summed E-state index contributed by atoms with van der Waals surface area (Å²) in [6.45, 7) is -0.0183. The Labute approximate surface area is 108 Å². The average molecular weight is 263 g/mol. The molecule has 3 nitrogen and oxygen atoms in total. The van der Waals surface area contributed by atoms with Gasteiger partial charge in [-0.15, -0.1) is 0 Å². The van der Waals surface area contributed by atoms with Gasteiger partial charge in [-0.25, -0.2) is 13.6 Å². The Morgan fingerprint density at radius 1 is 1.05 bits per heavy atom. The number of hydrogen-bond acceptors (Lipinski definition) is 3. The van der Waals surface area contributed by atoms with Gasteiger partial charge in [0.15, 0.2) is 0 Å². The summed E-state index contributed by atoms with van der Waals surface area (Å²) in [4.78, 5) is 11.7. The first kappa shape index (κ1) is 13.0. The van der Waals surface area contributed by atoms with Crippen molar-refractivity contribution < 1.29 is 18.3 Å². The van der Waals surface area contributed by atoms with E-state index in [0.29, 0.717) is 5.56 Å². The van der Waals surface area contributed by atoms with Crippen LogP contribution in [-0.2, 0) is 11.3 Å². The van der Waals surface area contributed by atoms with Crippen molar-refractivity contribution in [1.29, 1.82) is 0 Å². The van der Waals surface area contributed by atoms with E-state index in [1.54, 1.807) is 0 Å². The molecule has 0 atom stereocenters. The molecule has 2 N–H and O–H groups in total. The van der Waals surface area contributed by atoms with Crippen LogP contribution < -0.4 is 5.73 Å². The zero-order valence-electron chi connectivity index (χ0n) is 9.90. The number of benzene rings is 2. The molecule has 0 aromatic heterocycles. The highest BCUT2D eigenvalue weighted by Crippen LogP contribution is 2.13. The maximum atomic E-state index is 13.1. The maximum Gasteiger partial charge on any atom is 0.338 e. The molecule has 2 aromatic carbocycles. The topological polar surface area (TPSA) is 52.3 Å². The molecule has 0 aliphatic carbocycles. The first-order valence-corrected chi connectivity index (χ1v) is 5.52. The molecule has 0 aliphatic heterocycles. The molecular formula is C14H11F2NO2. The second-order valence-corrected chi connectivity index (χ2v) is 3.98. The molecule has 0 amide bonds. The van der Waals surface area contributed by atoms with Crippen LogP contribution in [0.15, 0.2) is 42.5 Å². The summed E-state index contributed by atoms with van der Waals surface area (Å²) in [5.41, 5.74) is 6.26. The van der Waals surface area contributed by atoms with E-state index in [0.717, 1.165) is 12.1 Å². The highest BCUT2D eigenvalue weighted by Gasteiger charge is 2.09. The monoisotopic (exact) mass is 263 g/mol. The SMILES string of the molecule is Nc1cc(F)cc(C(=O)OCc2ccc(F)cc2)c1. The number of anilines is 1. The highest BCUT2D eigenvalue weighted by atomic mass is 19.1. The third-order valence-electron chi connectivity index (χ3n) is 2.44. The minimum Gasteiger partial charge on any atom is -0.457 e. The summed E-state index contributed by atoms with van der Waals surface area (Å²) in [6.07, 6.45) is 0. The molecule has 0 aliphatic rings. The lowest BCUT2D eigenvalue weighted by atomic mass is 10.2. The van der Waals surface area contributed by atoms with E-state index in [1.807, 2.05) is 0 Å². The Hall–Kier alpha value is -2.43. The van der Waals surface area contributed by atoms with Crippen LogP contribution in [0.25, 0.3) is 0 Å². The fourth-order valence-corrected chi connectivity index (χ4v) is 1.54. The number of nitrogen functional groups attached to an aromatic ring is 1. The van der Waals surface area contributed by atoms with E-state index >= 15 is 0 Å². The number of carbonyl (C=O) groups excluding carboxylic acids is 1. The highest BCUT2D eigenvalue weighted by molar-refractivity contribution is 5.90. The normalized spacial score (nSPS) is 10.2. The van der Waals surface area contributed by atoms with Gasteiger partial charge in [-0.2, -0.15) is 0 Å². The summed E-state index contributed by atoms with van der Waals surface area (Å²) in [5.74, 6) is -1.66. The summed E-state index contributed by atoms with van der Waals surface area (Å²) < 4.78 is 30.7. The molecule has 0 saturated carbocycles. The standard InChI is InChI=1S/C14H11F2NO2/c15-11-3-1-9(2-4-11)8-19-14(18)10-5-12(16)7-13(17)6-10/h1-7H,8,17H2. The zero-order valence-corrected chi connectivity index (χ0v) is 9.90. The van der Waals surface area contributed by atoms with Gasteiger partial charge < -0.3 is 10.5 Å². The molecule has 0 fully saturated rings. The smallest absolute Gasteiger partial charge is 0.338 e. The van der Waals surface area contributed by atoms with Crippen LogP contribution in [0.1, 0.15) is 15.9 Å². The second-order valence-electron chi connectivity index (χ2n) is 3.98. The van der Waals surface area contributed by atoms with E-state index in [1.165, 1.54) is 30.3 Å². The average Bonchev–Trinajstić information content (AvgIpc) is 2.36. The summed E-state index contributed by atoms with van der Waals surface area (Å²) in [6, 6.07) is 9.02. The van der Waals surface area contributed by atoms with Gasteiger partial charge in [0.25, 0.3) is 0 Å². The summed E-state index contributed by atoms with van der Waals surface area (Å²) >= 11 is 0. The Balaban J connectivity index is 2.03. The Bertz CT molecular complexity index is 577. The molecule has 5 heteroatoms. The van der Waals surface area contributed by atoms with Crippen molar-refractivity contribution in [2.45, 2.75) is 6.61 Å². The van der Waals surface area contributed by atoms with Crippen LogP contribution in [0, 0.1) is 11.6 Å². The van der Waals surface area contributed by atoms with E-state index in [9.17, 15) is 13.6 Å². The zero-order chi connectivity index (χ0) is 13.8. The van der Waals surface area contributed by atoms with Gasteiger partial charge in [0.1, 0.15) is 18.2 Å². The lowest BCUT2D eigenvalue weighted by Gasteiger charge is -2.06. The molecule has 98 valence electrons. The van der Waals surface area contributed by atoms with Crippen molar-refractivity contribution in [3.63, 3.8) is 0 Å². The van der Waals surface area contributed by atoms with Gasteiger partial charge in [-0.3, -0.25) is 0 Å². The predicted octanol–water partition coefficient (Wildman–Crippen LogP) is 2.90. The van der Waals surface area contributed by atoms with Crippen molar-refractivity contribution >= 4 is 11.7 Å². The van der Waals surface area contributed by atoms with E-state index in [-0.39, 0.29) is 23.7 Å². The van der Waals surface area contributed by atoms with E-state index in [2.05, 4.69) is 0 Å². The Morgan fingerprint density at radius 3 is 2.37 bits per heavy atom. The van der Waals surface area contributed by atoms with Gasteiger partial charge in [-0.1, -0.05) is 12.1 Å². The van der Waals surface area contributed by atoms with E-state index < -0.39 is 11.8 Å². The lowest BCUT2D eigenvalue weighted by Crippen LogP contribution is -2.06. The molecule has 19 heavy (non-hydrogen) atoms. The third-order valence-corrected chi connectivity index (χ3v) is 2.44. The van der Waals surface area contributed by atoms with Crippen LogP contribution >= 0.6 is 0 Å². The van der Waals surface area contributed by atoms with Crippen molar-refractivity contribution in [1.82, 2.24) is 0 Å². The van der Waals surface area contributed by atoms with Crippen LogP contribution in [0.2, 0.25) is 0 Å². The number of hydrogen-bond donors (Lipinski definition) is 1. The maximum absolute atomic E-state index is 13.1. The van der Waals surface area contributed by atoms with Crippen LogP contribution in [-0.4, -0.2) is 5.97 Å². The fourth-order valence-electron chi connectivity index (χ4n) is 1.54. The lowest BCUT2D eigenvalue weighted by molar-refractivity contribution is 0.0472. The quantitative estimate of drug-likeness (QED) is 0.684. The minimum atomic E-state index is -0.685. The molecular weight excluding hydrogens is 252 g/mol. The van der Waals surface area contributed by atoms with Crippen molar-refractivity contribution in [2.75, 3.05) is 5.73 Å². The largest absolute Gasteiger partial charge is 0.457 e. The first-order chi connectivity index (χ1) is 9.04. The third kappa shape index (κ3) is 3.51. The summed E-state index contributed by atoms with van der Waals surface area (Å²) in [5, 5.41) is 0. The van der Waals surface area contributed by atoms with Gasteiger partial charge in [0.2, 0.25) is 0 Å². The molecule has 0 bridgehead atoms. The van der Waals surface area contributed by atoms with Crippen LogP contribution in [0.4, 0.5) is 14.5 Å². The van der Waals surface area contributed by atoms with Crippen LogP contribution in [0.5, 0.6) is 0 Å². The Morgan fingerprint density at radius 2 is 1.74 bits per heavy atom. The number of ether oxygens (including phenoxy) is 1. The number of esters is 1. The molecule has 2 rings (SSSR count). The van der Waals surface area contributed by atoms with Gasteiger partial charge >= 0.3 is 5.97 Å². The van der Waals surface area contributed by atoms with Gasteiger partial charge in [0, 0.05) is 5.69 Å². The number of nitrogens with two attached hydrogens (primary N) is 1. The molecule has 0 radical (unpaired) electrons. The first-order valence-electron chi connectivity index (χ1n) is 5.52. The van der Waals surface area contributed by atoms with Crippen molar-refractivity contribution in [2.24, 2.45) is 0 Å². The number of carbonyl (C=O) groups is 1. The summed E-state index contributed by atoms with van der Waals surface area (Å²) in [7, 11) is 0. The molecule has 0 saturated heterocycles. The van der Waals surface area contributed by atoms with E-state index in [4.69, 9.17) is 10.5 Å². The van der Waals surface area contributed by atoms with Gasteiger partial charge in [-0.05, 0) is 35.9 Å². The van der Waals surface area contributed by atoms with Crippen molar-refractivity contribution in [3.05, 3.63) is 65.2 Å². The number of halogens is 2. The minimum absolute atomic E-state index is 0.0183. The molecule has 2 aromatic rings. The van der Waals surface area contributed by atoms with Gasteiger partial charge in [0.05, 0.1) is 5.56 Å². The Kier molecular flexibility index (Phi) is 3.75. The van der Waals surface area contributed by atoms with Crippen LogP contribution in [0.3, 0.4) is 0 Å². The molecule has 0 heterocycles. The fraction of sp³-hybridized carbons (Fsp3) is 0.0714. The predicted molar refractivity (Wildman–Crippen MR) is 66.3 cm³/mol. The second kappa shape index (κ2) is 5.48. The molecule has 0 spiro atoms. The van der Waals surface area contributed by atoms with Crippen molar-refractivity contribution in [3.8, 4) is 0 Å². The molecule has 0 unspecified atom stereocenters.